The van der Waals surface area contributed by atoms with Crippen LogP contribution in [-0.4, -0.2) is 47.5 Å². The minimum Gasteiger partial charge on any atom is -0.383 e. The third-order valence-electron chi connectivity index (χ3n) is 3.30. The van der Waals surface area contributed by atoms with E-state index < -0.39 is 43.1 Å². The zero-order valence-corrected chi connectivity index (χ0v) is 10.5. The third kappa shape index (κ3) is 5.18. The molecule has 0 aromatic rings. The van der Waals surface area contributed by atoms with Gasteiger partial charge < -0.3 is 10.0 Å². The Morgan fingerprint density at radius 3 is 2.05 bits per heavy atom. The molecule has 0 aromatic carbocycles. The van der Waals surface area contributed by atoms with Crippen molar-refractivity contribution >= 4 is 5.91 Å². The molecule has 0 radical (unpaired) electrons. The molecule has 1 N–H and O–H groups in total. The van der Waals surface area contributed by atoms with Gasteiger partial charge in [0.2, 0.25) is 5.91 Å². The summed E-state index contributed by atoms with van der Waals surface area (Å²) < 4.78 is 72.7. The first-order valence-electron chi connectivity index (χ1n) is 6.10. The van der Waals surface area contributed by atoms with Gasteiger partial charge >= 0.3 is 12.4 Å². The Balaban J connectivity index is 2.40. The van der Waals surface area contributed by atoms with E-state index in [1.807, 2.05) is 0 Å². The maximum Gasteiger partial charge on any atom is 0.414 e. The number of halogens is 6. The van der Waals surface area contributed by atoms with E-state index in [0.717, 1.165) is 4.90 Å². The predicted octanol–water partition coefficient (Wildman–Crippen LogP) is 2.49. The van der Waals surface area contributed by atoms with Crippen molar-refractivity contribution < 1.29 is 36.2 Å². The molecule has 0 aromatic heterocycles. The van der Waals surface area contributed by atoms with E-state index >= 15 is 0 Å². The highest BCUT2D eigenvalue weighted by molar-refractivity contribution is 5.76. The number of hydrogen-bond donors (Lipinski definition) is 1. The van der Waals surface area contributed by atoms with E-state index in [2.05, 4.69) is 0 Å². The number of piperidine rings is 1. The molecule has 1 saturated heterocycles. The number of carbonyl (C=O) groups is 1. The molecule has 118 valence electrons. The molecule has 0 aliphatic carbocycles. The van der Waals surface area contributed by atoms with E-state index in [-0.39, 0.29) is 25.9 Å². The first-order valence-corrected chi connectivity index (χ1v) is 6.10. The highest BCUT2D eigenvalue weighted by Crippen LogP contribution is 2.32. The maximum atomic E-state index is 12.3. The Labute approximate surface area is 111 Å². The monoisotopic (exact) mass is 307 g/mol. The van der Waals surface area contributed by atoms with Crippen LogP contribution in [0, 0.1) is 5.92 Å². The number of rotatable bonds is 3. The van der Waals surface area contributed by atoms with Gasteiger partial charge in [0.05, 0.1) is 6.42 Å². The Hall–Kier alpha value is -0.990. The lowest BCUT2D eigenvalue weighted by Crippen LogP contribution is -2.45. The fraction of sp³-hybridized carbons (Fsp3) is 0.909. The highest BCUT2D eigenvalue weighted by atomic mass is 19.4. The summed E-state index contributed by atoms with van der Waals surface area (Å²) in [6.07, 6.45) is -13.7. The zero-order valence-electron chi connectivity index (χ0n) is 10.5. The van der Waals surface area contributed by atoms with Crippen LogP contribution >= 0.6 is 0 Å². The zero-order chi connectivity index (χ0) is 15.6. The van der Waals surface area contributed by atoms with Crippen LogP contribution in [0.3, 0.4) is 0 Å². The molecule has 9 heteroatoms. The van der Waals surface area contributed by atoms with Gasteiger partial charge in [-0.05, 0) is 18.8 Å². The van der Waals surface area contributed by atoms with Gasteiger partial charge in [-0.25, -0.2) is 0 Å². The van der Waals surface area contributed by atoms with Gasteiger partial charge in [0.15, 0.2) is 6.10 Å². The molecular formula is C11H15F6NO2. The number of alkyl halides is 6. The summed E-state index contributed by atoms with van der Waals surface area (Å²) in [5, 5.41) is 9.07. The lowest BCUT2D eigenvalue weighted by atomic mass is 9.90. The number of nitrogens with zero attached hydrogens (tertiary/aromatic N) is 1. The Morgan fingerprint density at radius 1 is 1.15 bits per heavy atom. The van der Waals surface area contributed by atoms with E-state index in [9.17, 15) is 31.1 Å². The van der Waals surface area contributed by atoms with Crippen molar-refractivity contribution in [3.05, 3.63) is 0 Å². The van der Waals surface area contributed by atoms with Crippen LogP contribution in [0.15, 0.2) is 0 Å². The van der Waals surface area contributed by atoms with Crippen molar-refractivity contribution in [3.63, 3.8) is 0 Å². The van der Waals surface area contributed by atoms with Crippen molar-refractivity contribution in [2.24, 2.45) is 5.92 Å². The lowest BCUT2D eigenvalue weighted by Gasteiger charge is -2.34. The second-order valence-electron chi connectivity index (χ2n) is 4.82. The molecule has 1 unspecified atom stereocenters. The van der Waals surface area contributed by atoms with Crippen LogP contribution in [0.1, 0.15) is 25.7 Å². The molecule has 1 atom stereocenters. The summed E-state index contributed by atoms with van der Waals surface area (Å²) in [4.78, 5) is 12.6. The normalized spacial score (nSPS) is 20.1. The number of likely N-dealkylation sites (tertiary alicyclic amines) is 1. The SMILES string of the molecule is O=C(CCC(F)(F)F)N1CCC(C(O)C(F)(F)F)CC1. The highest BCUT2D eigenvalue weighted by Gasteiger charge is 2.44. The van der Waals surface area contributed by atoms with Crippen LogP contribution in [0.25, 0.3) is 0 Å². The van der Waals surface area contributed by atoms with Crippen LogP contribution in [-0.2, 0) is 4.79 Å². The molecule has 1 heterocycles. The summed E-state index contributed by atoms with van der Waals surface area (Å²) in [6.45, 7) is -0.122. The van der Waals surface area contributed by atoms with Gasteiger partial charge in [0.25, 0.3) is 0 Å². The fourth-order valence-corrected chi connectivity index (χ4v) is 2.14. The topological polar surface area (TPSA) is 40.5 Å². The number of hydrogen-bond acceptors (Lipinski definition) is 2. The van der Waals surface area contributed by atoms with Gasteiger partial charge in [-0.15, -0.1) is 0 Å². The summed E-state index contributed by atoms with van der Waals surface area (Å²) in [6, 6.07) is 0. The smallest absolute Gasteiger partial charge is 0.383 e. The molecule has 1 fully saturated rings. The largest absolute Gasteiger partial charge is 0.414 e. The van der Waals surface area contributed by atoms with Crippen LogP contribution in [0.2, 0.25) is 0 Å². The van der Waals surface area contributed by atoms with E-state index in [4.69, 9.17) is 5.11 Å². The molecule has 0 spiro atoms. The molecule has 1 aliphatic heterocycles. The van der Waals surface area contributed by atoms with Gasteiger partial charge in [0.1, 0.15) is 0 Å². The second kappa shape index (κ2) is 6.19. The van der Waals surface area contributed by atoms with E-state index in [1.54, 1.807) is 0 Å². The van der Waals surface area contributed by atoms with Gasteiger partial charge in [-0.3, -0.25) is 4.79 Å². The number of aliphatic hydroxyl groups is 1. The van der Waals surface area contributed by atoms with Crippen molar-refractivity contribution in [2.45, 2.75) is 44.1 Å². The Bertz CT molecular complexity index is 333. The number of amides is 1. The maximum absolute atomic E-state index is 12.3. The standard InChI is InChI=1S/C11H15F6NO2/c12-10(13,14)4-1-8(19)18-5-2-7(3-6-18)9(20)11(15,16)17/h7,9,20H,1-6H2. The summed E-state index contributed by atoms with van der Waals surface area (Å²) in [5.74, 6) is -1.73. The number of carbonyl (C=O) groups excluding carboxylic acids is 1. The summed E-state index contributed by atoms with van der Waals surface area (Å²) in [7, 11) is 0. The molecule has 20 heavy (non-hydrogen) atoms. The first kappa shape index (κ1) is 17.1. The van der Waals surface area contributed by atoms with Crippen molar-refractivity contribution in [2.75, 3.05) is 13.1 Å². The fourth-order valence-electron chi connectivity index (χ4n) is 2.14. The minimum atomic E-state index is -4.72. The van der Waals surface area contributed by atoms with Crippen molar-refractivity contribution in [1.82, 2.24) is 4.90 Å². The van der Waals surface area contributed by atoms with E-state index in [0.29, 0.717) is 0 Å². The predicted molar refractivity (Wildman–Crippen MR) is 56.7 cm³/mol. The van der Waals surface area contributed by atoms with Crippen molar-refractivity contribution in [3.8, 4) is 0 Å². The van der Waals surface area contributed by atoms with Crippen molar-refractivity contribution in [1.29, 1.82) is 0 Å². The third-order valence-corrected chi connectivity index (χ3v) is 3.30. The molecule has 0 bridgehead atoms. The quantitative estimate of drug-likeness (QED) is 0.814. The van der Waals surface area contributed by atoms with Gasteiger partial charge in [-0.2, -0.15) is 26.3 Å². The Kier molecular flexibility index (Phi) is 5.28. The lowest BCUT2D eigenvalue weighted by molar-refractivity contribution is -0.223. The summed E-state index contributed by atoms with van der Waals surface area (Å²) >= 11 is 0. The van der Waals surface area contributed by atoms with E-state index in [1.165, 1.54) is 0 Å². The molecule has 1 amide bonds. The molecule has 1 rings (SSSR count). The molecular weight excluding hydrogens is 292 g/mol. The average Bonchev–Trinajstić information content (AvgIpc) is 2.33. The van der Waals surface area contributed by atoms with Crippen LogP contribution in [0.5, 0.6) is 0 Å². The molecule has 1 aliphatic rings. The molecule has 3 nitrogen and oxygen atoms in total. The second-order valence-corrected chi connectivity index (χ2v) is 4.82. The number of aliphatic hydroxyl groups excluding tert-OH is 1. The van der Waals surface area contributed by atoms with Crippen LogP contribution in [0.4, 0.5) is 26.3 Å². The average molecular weight is 307 g/mol. The van der Waals surface area contributed by atoms with Gasteiger partial charge in [0, 0.05) is 19.5 Å². The van der Waals surface area contributed by atoms with Gasteiger partial charge in [-0.1, -0.05) is 0 Å². The minimum absolute atomic E-state index is 0.0610. The Morgan fingerprint density at radius 2 is 1.65 bits per heavy atom. The molecule has 0 saturated carbocycles. The first-order chi connectivity index (χ1) is 9.00. The summed E-state index contributed by atoms with van der Waals surface area (Å²) in [5.41, 5.74) is 0. The van der Waals surface area contributed by atoms with Crippen LogP contribution < -0.4 is 0 Å².